The molecule has 3 aromatic rings. The minimum absolute atomic E-state index is 0.0830. The molecule has 6 nitrogen and oxygen atoms in total. The summed E-state index contributed by atoms with van der Waals surface area (Å²) < 4.78 is 6.13. The summed E-state index contributed by atoms with van der Waals surface area (Å²) in [7, 11) is 1.80. The maximum Gasteiger partial charge on any atom is 0.271 e. The van der Waals surface area contributed by atoms with E-state index in [0.29, 0.717) is 12.2 Å². The van der Waals surface area contributed by atoms with Gasteiger partial charge in [-0.15, -0.1) is 0 Å². The third kappa shape index (κ3) is 3.58. The number of H-pyrrole nitrogens is 1. The minimum Gasteiger partial charge on any atom is -0.485 e. The average Bonchev–Trinajstić information content (AvgIpc) is 3.23. The topological polar surface area (TPSA) is 61.5 Å². The number of benzene rings is 2. The molecule has 1 aromatic heterocycles. The molecule has 0 unspecified atom stereocenters. The van der Waals surface area contributed by atoms with Gasteiger partial charge in [-0.1, -0.05) is 42.5 Å². The highest BCUT2D eigenvalue weighted by atomic mass is 16.5. The number of para-hydroxylation sites is 2. The molecule has 1 aliphatic heterocycles. The molecule has 0 aliphatic carbocycles. The molecule has 0 spiro atoms. The molecule has 2 aromatic carbocycles. The number of fused-ring (bicyclic) bond motifs is 1. The highest BCUT2D eigenvalue weighted by Crippen LogP contribution is 2.33. The fourth-order valence-corrected chi connectivity index (χ4v) is 3.56. The smallest absolute Gasteiger partial charge is 0.271 e. The van der Waals surface area contributed by atoms with Gasteiger partial charge in [0.25, 0.3) is 5.91 Å². The number of aromatic amines is 1. The normalized spacial score (nSPS) is 15.6. The average molecular weight is 376 g/mol. The van der Waals surface area contributed by atoms with Gasteiger partial charge in [0.1, 0.15) is 17.5 Å². The van der Waals surface area contributed by atoms with Crippen molar-refractivity contribution < 1.29 is 9.53 Å². The van der Waals surface area contributed by atoms with Gasteiger partial charge in [-0.3, -0.25) is 9.89 Å². The number of carbonyl (C=O) groups is 1. The van der Waals surface area contributed by atoms with Crippen LogP contribution in [0.2, 0.25) is 0 Å². The molecule has 0 saturated carbocycles. The number of likely N-dealkylation sites (N-methyl/N-ethyl adjacent to an activating group) is 2. The molecule has 2 heterocycles. The van der Waals surface area contributed by atoms with Gasteiger partial charge >= 0.3 is 0 Å². The Balaban J connectivity index is 1.45. The molecular weight excluding hydrogens is 352 g/mol. The van der Waals surface area contributed by atoms with Crippen LogP contribution in [0.1, 0.15) is 17.4 Å². The highest BCUT2D eigenvalue weighted by Gasteiger charge is 2.27. The summed E-state index contributed by atoms with van der Waals surface area (Å²) in [4.78, 5) is 16.8. The number of aromatic nitrogens is 2. The number of nitrogens with zero attached hydrogens (tertiary/aromatic N) is 3. The van der Waals surface area contributed by atoms with Crippen molar-refractivity contribution in [3.8, 4) is 17.0 Å². The first-order valence-electron chi connectivity index (χ1n) is 9.52. The first kappa shape index (κ1) is 18.1. The van der Waals surface area contributed by atoms with Crippen LogP contribution in [0, 0.1) is 0 Å². The fourth-order valence-electron chi connectivity index (χ4n) is 3.56. The van der Waals surface area contributed by atoms with E-state index in [1.807, 2.05) is 48.5 Å². The summed E-state index contributed by atoms with van der Waals surface area (Å²) in [5, 5.41) is 7.15. The molecule has 4 rings (SSSR count). The lowest BCUT2D eigenvalue weighted by molar-refractivity contribution is 0.0704. The second-order valence-corrected chi connectivity index (χ2v) is 6.96. The minimum atomic E-state index is -0.0970. The van der Waals surface area contributed by atoms with E-state index in [-0.39, 0.29) is 12.0 Å². The molecule has 0 fully saturated rings. The molecule has 144 valence electrons. The number of ether oxygens (including phenoxy) is 1. The van der Waals surface area contributed by atoms with Crippen molar-refractivity contribution in [2.75, 3.05) is 31.6 Å². The van der Waals surface area contributed by atoms with E-state index in [1.54, 1.807) is 18.0 Å². The van der Waals surface area contributed by atoms with Crippen molar-refractivity contribution in [1.82, 2.24) is 15.1 Å². The van der Waals surface area contributed by atoms with Crippen LogP contribution in [0.4, 0.5) is 5.69 Å². The summed E-state index contributed by atoms with van der Waals surface area (Å²) in [5.74, 6) is 0.773. The predicted molar refractivity (Wildman–Crippen MR) is 110 cm³/mol. The van der Waals surface area contributed by atoms with E-state index >= 15 is 0 Å². The Morgan fingerprint density at radius 3 is 2.75 bits per heavy atom. The monoisotopic (exact) mass is 376 g/mol. The Kier molecular flexibility index (Phi) is 5.02. The summed E-state index contributed by atoms with van der Waals surface area (Å²) in [6.07, 6.45) is -0.0830. The van der Waals surface area contributed by atoms with E-state index in [2.05, 4.69) is 28.1 Å². The van der Waals surface area contributed by atoms with Crippen molar-refractivity contribution in [1.29, 1.82) is 0 Å². The maximum absolute atomic E-state index is 12.8. The van der Waals surface area contributed by atoms with Gasteiger partial charge in [-0.2, -0.15) is 5.10 Å². The molecule has 0 radical (unpaired) electrons. The van der Waals surface area contributed by atoms with Crippen molar-refractivity contribution in [3.63, 3.8) is 0 Å². The Morgan fingerprint density at radius 2 is 1.96 bits per heavy atom. The molecule has 28 heavy (non-hydrogen) atoms. The van der Waals surface area contributed by atoms with E-state index in [1.165, 1.54) is 0 Å². The summed E-state index contributed by atoms with van der Waals surface area (Å²) in [6, 6.07) is 19.6. The Bertz CT molecular complexity index is 954. The van der Waals surface area contributed by atoms with Gasteiger partial charge < -0.3 is 14.5 Å². The lowest BCUT2D eigenvalue weighted by Gasteiger charge is -2.37. The van der Waals surface area contributed by atoms with Crippen LogP contribution in [-0.4, -0.2) is 53.8 Å². The highest BCUT2D eigenvalue weighted by molar-refractivity contribution is 5.93. The Hall–Kier alpha value is -3.28. The molecule has 1 atom stereocenters. The van der Waals surface area contributed by atoms with Gasteiger partial charge in [0.05, 0.1) is 24.5 Å². The molecular formula is C22H24N4O2. The molecule has 1 N–H and O–H groups in total. The van der Waals surface area contributed by atoms with Gasteiger partial charge in [-0.25, -0.2) is 0 Å². The van der Waals surface area contributed by atoms with Crippen molar-refractivity contribution in [2.24, 2.45) is 0 Å². The fraction of sp³-hybridized carbons (Fsp3) is 0.273. The number of rotatable bonds is 5. The van der Waals surface area contributed by atoms with Crippen molar-refractivity contribution in [2.45, 2.75) is 13.0 Å². The maximum atomic E-state index is 12.8. The van der Waals surface area contributed by atoms with Crippen LogP contribution in [0.3, 0.4) is 0 Å². The zero-order valence-corrected chi connectivity index (χ0v) is 16.1. The zero-order chi connectivity index (χ0) is 19.5. The lowest BCUT2D eigenvalue weighted by Crippen LogP contribution is -2.46. The van der Waals surface area contributed by atoms with Gasteiger partial charge in [0, 0.05) is 19.2 Å². The zero-order valence-electron chi connectivity index (χ0n) is 16.1. The number of anilines is 1. The van der Waals surface area contributed by atoms with Crippen LogP contribution < -0.4 is 9.64 Å². The summed E-state index contributed by atoms with van der Waals surface area (Å²) >= 11 is 0. The quantitative estimate of drug-likeness (QED) is 0.741. The first-order chi connectivity index (χ1) is 13.7. The SMILES string of the molecule is CCN1C[C@@H](CN(C)C(=O)c2cc(-c3ccccc3)n[nH]2)Oc2ccccc21. The largest absolute Gasteiger partial charge is 0.485 e. The summed E-state index contributed by atoms with van der Waals surface area (Å²) in [5.41, 5.74) is 3.32. The van der Waals surface area contributed by atoms with Crippen LogP contribution in [0.15, 0.2) is 60.7 Å². The third-order valence-corrected chi connectivity index (χ3v) is 5.01. The number of amides is 1. The van der Waals surface area contributed by atoms with E-state index in [4.69, 9.17) is 4.74 Å². The molecule has 6 heteroatoms. The molecule has 1 amide bonds. The number of nitrogens with one attached hydrogen (secondary N) is 1. The van der Waals surface area contributed by atoms with Crippen molar-refractivity contribution in [3.05, 3.63) is 66.4 Å². The second kappa shape index (κ2) is 7.76. The number of hydrogen-bond acceptors (Lipinski definition) is 4. The van der Waals surface area contributed by atoms with E-state index < -0.39 is 0 Å². The van der Waals surface area contributed by atoms with Crippen LogP contribution in [-0.2, 0) is 0 Å². The Morgan fingerprint density at radius 1 is 1.21 bits per heavy atom. The van der Waals surface area contributed by atoms with Crippen LogP contribution >= 0.6 is 0 Å². The van der Waals surface area contributed by atoms with Gasteiger partial charge in [0.2, 0.25) is 0 Å². The molecule has 0 bridgehead atoms. The van der Waals surface area contributed by atoms with Crippen LogP contribution in [0.25, 0.3) is 11.3 Å². The first-order valence-corrected chi connectivity index (χ1v) is 9.52. The second-order valence-electron chi connectivity index (χ2n) is 6.96. The van der Waals surface area contributed by atoms with E-state index in [0.717, 1.165) is 35.8 Å². The Labute approximate surface area is 164 Å². The third-order valence-electron chi connectivity index (χ3n) is 5.01. The van der Waals surface area contributed by atoms with Crippen molar-refractivity contribution >= 4 is 11.6 Å². The predicted octanol–water partition coefficient (Wildman–Crippen LogP) is 3.44. The van der Waals surface area contributed by atoms with E-state index in [9.17, 15) is 4.79 Å². The summed E-state index contributed by atoms with van der Waals surface area (Å²) in [6.45, 7) is 4.28. The molecule has 1 aliphatic rings. The van der Waals surface area contributed by atoms with Gasteiger partial charge in [-0.05, 0) is 25.1 Å². The van der Waals surface area contributed by atoms with Crippen LogP contribution in [0.5, 0.6) is 5.75 Å². The number of carbonyl (C=O) groups excluding carboxylic acids is 1. The van der Waals surface area contributed by atoms with Gasteiger partial charge in [0.15, 0.2) is 0 Å². The lowest BCUT2D eigenvalue weighted by atomic mass is 10.1. The molecule has 0 saturated heterocycles. The standard InChI is InChI=1S/C22H24N4O2/c1-3-26-15-17(28-21-12-8-7-11-20(21)26)14-25(2)22(27)19-13-18(23-24-19)16-9-5-4-6-10-16/h4-13,17H,3,14-15H2,1-2H3,(H,23,24)/t17-/m1/s1. The number of hydrogen-bond donors (Lipinski definition) is 1.